The van der Waals surface area contributed by atoms with Crippen LogP contribution in [0.2, 0.25) is 10.0 Å². The van der Waals surface area contributed by atoms with Crippen LogP contribution in [0.3, 0.4) is 0 Å². The molecule has 0 fully saturated rings. The van der Waals surface area contributed by atoms with Crippen molar-refractivity contribution in [3.05, 3.63) is 74.1 Å². The monoisotopic (exact) mass is 505 g/mol. The smallest absolute Gasteiger partial charge is 0.351 e. The van der Waals surface area contributed by atoms with Crippen molar-refractivity contribution in [2.45, 2.75) is 30.8 Å². The minimum Gasteiger partial charge on any atom is -0.351 e. The summed E-state index contributed by atoms with van der Waals surface area (Å²) >= 11 is 14.2. The van der Waals surface area contributed by atoms with Crippen LogP contribution in [0.4, 0.5) is 13.2 Å². The molecule has 9 heteroatoms. The molecule has 1 aliphatic rings. The van der Waals surface area contributed by atoms with Crippen LogP contribution < -0.4 is 5.32 Å². The van der Waals surface area contributed by atoms with Gasteiger partial charge in [0.1, 0.15) is 4.75 Å². The maximum Gasteiger partial charge on any atom is 0.407 e. The summed E-state index contributed by atoms with van der Waals surface area (Å²) in [5.41, 5.74) is 3.19. The van der Waals surface area contributed by atoms with Crippen molar-refractivity contribution < 1.29 is 18.0 Å². The fourth-order valence-electron chi connectivity index (χ4n) is 3.45. The molecule has 2 aromatic rings. The van der Waals surface area contributed by atoms with Gasteiger partial charge in [-0.3, -0.25) is 4.79 Å². The fourth-order valence-corrected chi connectivity index (χ4v) is 5.53. The highest BCUT2D eigenvalue weighted by molar-refractivity contribution is 8.03. The van der Waals surface area contributed by atoms with E-state index >= 15 is 0 Å². The van der Waals surface area contributed by atoms with Gasteiger partial charge in [0.25, 0.3) is 0 Å². The second kappa shape index (κ2) is 9.69. The summed E-state index contributed by atoms with van der Waals surface area (Å²) in [6.07, 6.45) is -2.87. The molecule has 1 heterocycles. The molecule has 31 heavy (non-hydrogen) atoms. The van der Waals surface area contributed by atoms with Crippen LogP contribution >= 0.6 is 46.7 Å². The van der Waals surface area contributed by atoms with E-state index in [4.69, 9.17) is 23.2 Å². The third kappa shape index (κ3) is 5.38. The van der Waals surface area contributed by atoms with Gasteiger partial charge in [-0.2, -0.15) is 24.9 Å². The van der Waals surface area contributed by atoms with Crippen LogP contribution in [0.1, 0.15) is 28.7 Å². The van der Waals surface area contributed by atoms with Gasteiger partial charge >= 0.3 is 6.18 Å². The van der Waals surface area contributed by atoms with Crippen molar-refractivity contribution in [2.75, 3.05) is 12.0 Å². The first kappa shape index (κ1) is 24.4. The molecule has 166 valence electrons. The molecule has 3 rings (SSSR count). The Morgan fingerprint density at radius 1 is 1.19 bits per heavy atom. The summed E-state index contributed by atoms with van der Waals surface area (Å²) in [4.78, 5) is 11.7. The van der Waals surface area contributed by atoms with Gasteiger partial charge in [-0.15, -0.1) is 11.8 Å². The Bertz CT molecular complexity index is 1010. The number of aryl methyl sites for hydroxylation is 1. The molecule has 1 unspecified atom stereocenters. The lowest BCUT2D eigenvalue weighted by molar-refractivity contribution is -0.160. The molecule has 0 spiro atoms. The molecule has 1 N–H and O–H groups in total. The second-order valence-electron chi connectivity index (χ2n) is 7.27. The number of nitrogens with one attached hydrogen (secondary N) is 1. The van der Waals surface area contributed by atoms with Crippen molar-refractivity contribution in [3.63, 3.8) is 0 Å². The summed E-state index contributed by atoms with van der Waals surface area (Å²) in [7, 11) is 0. The highest BCUT2D eigenvalue weighted by Gasteiger charge is 2.58. The third-order valence-corrected chi connectivity index (χ3v) is 7.50. The average Bonchev–Trinajstić information content (AvgIpc) is 3.13. The predicted octanol–water partition coefficient (Wildman–Crippen LogP) is 7.22. The van der Waals surface area contributed by atoms with Crippen molar-refractivity contribution in [1.82, 2.24) is 5.32 Å². The number of carbonyl (C=O) groups is 1. The Hall–Kier alpha value is -1.28. The molecular weight excluding hydrogens is 486 g/mol. The van der Waals surface area contributed by atoms with E-state index in [9.17, 15) is 18.0 Å². The largest absolute Gasteiger partial charge is 0.407 e. The van der Waals surface area contributed by atoms with Gasteiger partial charge in [-0.1, -0.05) is 41.4 Å². The van der Waals surface area contributed by atoms with E-state index in [1.807, 2.05) is 25.3 Å². The highest BCUT2D eigenvalue weighted by atomic mass is 35.5. The van der Waals surface area contributed by atoms with E-state index in [-0.39, 0.29) is 27.9 Å². The Morgan fingerprint density at radius 2 is 1.87 bits per heavy atom. The minimum absolute atomic E-state index is 0.0404. The SMILES string of the molecule is CSCC(=O)NCc1ccc(C2=CSC(c3cc(Cl)cc(Cl)c3)(C(F)(F)F)C2)cc1C. The van der Waals surface area contributed by atoms with E-state index in [0.717, 1.165) is 28.5 Å². The molecule has 0 aliphatic carbocycles. The lowest BCUT2D eigenvalue weighted by Crippen LogP contribution is -2.37. The molecule has 0 saturated carbocycles. The van der Waals surface area contributed by atoms with Crippen LogP contribution in [0, 0.1) is 6.92 Å². The van der Waals surface area contributed by atoms with Crippen molar-refractivity contribution >= 4 is 58.2 Å². The summed E-state index contributed by atoms with van der Waals surface area (Å²) < 4.78 is 40.6. The molecule has 1 atom stereocenters. The lowest BCUT2D eigenvalue weighted by atomic mass is 9.88. The van der Waals surface area contributed by atoms with E-state index < -0.39 is 10.9 Å². The lowest BCUT2D eigenvalue weighted by Gasteiger charge is -2.32. The molecule has 2 nitrogen and oxygen atoms in total. The molecule has 1 amide bonds. The van der Waals surface area contributed by atoms with Crippen LogP contribution in [-0.2, 0) is 16.1 Å². The molecule has 0 bridgehead atoms. The zero-order valence-corrected chi connectivity index (χ0v) is 19.9. The number of rotatable bonds is 6. The first-order chi connectivity index (χ1) is 14.6. The molecule has 1 aliphatic heterocycles. The third-order valence-electron chi connectivity index (χ3n) is 5.09. The Morgan fingerprint density at radius 3 is 2.45 bits per heavy atom. The van der Waals surface area contributed by atoms with Gasteiger partial charge in [0.15, 0.2) is 0 Å². The van der Waals surface area contributed by atoms with Crippen LogP contribution in [0.15, 0.2) is 41.8 Å². The van der Waals surface area contributed by atoms with Crippen molar-refractivity contribution in [1.29, 1.82) is 0 Å². The zero-order valence-electron chi connectivity index (χ0n) is 16.8. The van der Waals surface area contributed by atoms with Gasteiger partial charge < -0.3 is 5.32 Å². The topological polar surface area (TPSA) is 29.1 Å². The molecule has 2 aromatic carbocycles. The first-order valence-electron chi connectivity index (χ1n) is 9.31. The first-order valence-corrected chi connectivity index (χ1v) is 12.3. The maximum absolute atomic E-state index is 14.3. The Kier molecular flexibility index (Phi) is 7.62. The number of hydrogen-bond donors (Lipinski definition) is 1. The van der Waals surface area contributed by atoms with Gasteiger partial charge in [-0.05, 0) is 64.6 Å². The quantitative estimate of drug-likeness (QED) is 0.449. The Balaban J connectivity index is 1.85. The number of carbonyl (C=O) groups excluding carboxylic acids is 1. The molecule has 0 saturated heterocycles. The second-order valence-corrected chi connectivity index (χ2v) is 10.2. The number of alkyl halides is 3. The van der Waals surface area contributed by atoms with Gasteiger partial charge in [-0.25, -0.2) is 0 Å². The number of benzene rings is 2. The average molecular weight is 506 g/mol. The number of thioether (sulfide) groups is 2. The summed E-state index contributed by atoms with van der Waals surface area (Å²) in [6, 6.07) is 9.59. The van der Waals surface area contributed by atoms with E-state index in [2.05, 4.69) is 5.32 Å². The van der Waals surface area contributed by atoms with Crippen molar-refractivity contribution in [2.24, 2.45) is 0 Å². The van der Waals surface area contributed by atoms with Gasteiger partial charge in [0.2, 0.25) is 5.91 Å². The number of amides is 1. The zero-order chi connectivity index (χ0) is 22.8. The molecule has 0 aromatic heterocycles. The van der Waals surface area contributed by atoms with Crippen LogP contribution in [-0.4, -0.2) is 24.1 Å². The number of hydrogen-bond acceptors (Lipinski definition) is 3. The Labute approximate surface area is 198 Å². The van der Waals surface area contributed by atoms with E-state index in [1.165, 1.54) is 30.0 Å². The molecule has 0 radical (unpaired) electrons. The highest BCUT2D eigenvalue weighted by Crippen LogP contribution is 2.60. The van der Waals surface area contributed by atoms with Crippen LogP contribution in [0.25, 0.3) is 5.57 Å². The number of halogens is 5. The van der Waals surface area contributed by atoms with Gasteiger partial charge in [0, 0.05) is 23.0 Å². The van der Waals surface area contributed by atoms with E-state index in [0.29, 0.717) is 17.9 Å². The molecular formula is C22H20Cl2F3NOS2. The van der Waals surface area contributed by atoms with E-state index in [1.54, 1.807) is 11.5 Å². The predicted molar refractivity (Wildman–Crippen MR) is 126 cm³/mol. The summed E-state index contributed by atoms with van der Waals surface area (Å²) in [6.45, 7) is 2.27. The van der Waals surface area contributed by atoms with Crippen molar-refractivity contribution in [3.8, 4) is 0 Å². The fraction of sp³-hybridized carbons (Fsp3) is 0.318. The van der Waals surface area contributed by atoms with Crippen LogP contribution in [0.5, 0.6) is 0 Å². The number of allylic oxidation sites excluding steroid dienone is 1. The summed E-state index contributed by atoms with van der Waals surface area (Å²) in [5.74, 6) is 0.329. The van der Waals surface area contributed by atoms with Gasteiger partial charge in [0.05, 0.1) is 5.75 Å². The minimum atomic E-state index is -4.50. The maximum atomic E-state index is 14.3. The summed E-state index contributed by atoms with van der Waals surface area (Å²) in [5, 5.41) is 4.75. The normalized spacial score (nSPS) is 18.7. The standard InChI is InChI=1S/C22H20Cl2F3NOS2/c1-13-5-14(3-4-15(13)10-28-20(29)12-30-2)16-9-21(31-11-16,22(25,26)27)17-6-18(23)8-19(24)7-17/h3-8,11H,9-10,12H2,1-2H3,(H,28,29).